The summed E-state index contributed by atoms with van der Waals surface area (Å²) in [5, 5.41) is 2.72. The molecule has 1 heterocycles. The molecule has 0 bridgehead atoms. The van der Waals surface area contributed by atoms with Crippen LogP contribution in [0.15, 0.2) is 48.5 Å². The zero-order chi connectivity index (χ0) is 21.3. The van der Waals surface area contributed by atoms with Crippen molar-refractivity contribution in [1.29, 1.82) is 0 Å². The number of hydrogen-bond donors (Lipinski definition) is 1. The molecule has 1 N–H and O–H groups in total. The Kier molecular flexibility index (Phi) is 7.68. The first-order chi connectivity index (χ1) is 14.5. The van der Waals surface area contributed by atoms with Crippen molar-refractivity contribution in [2.45, 2.75) is 38.9 Å². The Bertz CT molecular complexity index is 828. The fourth-order valence-corrected chi connectivity index (χ4v) is 2.98. The van der Waals surface area contributed by atoms with E-state index in [1.54, 1.807) is 48.5 Å². The van der Waals surface area contributed by atoms with E-state index in [0.717, 1.165) is 25.2 Å². The van der Waals surface area contributed by atoms with Gasteiger partial charge in [0.1, 0.15) is 18.1 Å². The summed E-state index contributed by atoms with van der Waals surface area (Å²) in [7, 11) is 0. The van der Waals surface area contributed by atoms with E-state index in [0.29, 0.717) is 30.2 Å². The predicted octanol–water partition coefficient (Wildman–Crippen LogP) is 3.83. The lowest BCUT2D eigenvalue weighted by molar-refractivity contribution is -0.123. The molecule has 1 amide bonds. The number of amides is 1. The molecule has 7 nitrogen and oxygen atoms in total. The fraction of sp³-hybridized carbons (Fsp3) is 0.391. The number of hydrogen-bond acceptors (Lipinski definition) is 6. The second-order valence-corrected chi connectivity index (χ2v) is 6.96. The summed E-state index contributed by atoms with van der Waals surface area (Å²) in [5.74, 6) is 0.389. The van der Waals surface area contributed by atoms with Crippen LogP contribution in [0.4, 0.5) is 5.69 Å². The van der Waals surface area contributed by atoms with Gasteiger partial charge in [-0.15, -0.1) is 0 Å². The van der Waals surface area contributed by atoms with Gasteiger partial charge in [0.25, 0.3) is 5.91 Å². The van der Waals surface area contributed by atoms with E-state index in [2.05, 4.69) is 5.32 Å². The van der Waals surface area contributed by atoms with Gasteiger partial charge >= 0.3 is 5.97 Å². The molecule has 30 heavy (non-hydrogen) atoms. The van der Waals surface area contributed by atoms with Gasteiger partial charge < -0.3 is 24.3 Å². The lowest BCUT2D eigenvalue weighted by atomic mass is 10.2. The second-order valence-electron chi connectivity index (χ2n) is 6.96. The normalized spacial score (nSPS) is 16.5. The quantitative estimate of drug-likeness (QED) is 0.629. The molecular weight excluding hydrogens is 386 g/mol. The molecule has 2 atom stereocenters. The third kappa shape index (κ3) is 6.22. The number of anilines is 1. The summed E-state index contributed by atoms with van der Waals surface area (Å²) >= 11 is 0. The van der Waals surface area contributed by atoms with E-state index in [1.165, 1.54) is 6.92 Å². The summed E-state index contributed by atoms with van der Waals surface area (Å²) in [6.45, 7) is 5.27. The maximum atomic E-state index is 12.3. The topological polar surface area (TPSA) is 83.1 Å². The van der Waals surface area contributed by atoms with E-state index in [9.17, 15) is 9.59 Å². The Balaban J connectivity index is 1.47. The Hall–Kier alpha value is -3.06. The standard InChI is InChI=1S/C23H27NO6/c1-3-27-19-12-8-18(9-13-19)24-22(25)16(2)30-23(26)17-6-10-20(11-7-17)29-15-21-5-4-14-28-21/h6-13,16,21H,3-5,14-15H2,1-2H3,(H,24,25)/t16-,21-/m1/s1. The van der Waals surface area contributed by atoms with Crippen LogP contribution < -0.4 is 14.8 Å². The maximum Gasteiger partial charge on any atom is 0.338 e. The lowest BCUT2D eigenvalue weighted by Gasteiger charge is -2.14. The molecule has 0 radical (unpaired) electrons. The highest BCUT2D eigenvalue weighted by atomic mass is 16.5. The second kappa shape index (κ2) is 10.6. The maximum absolute atomic E-state index is 12.3. The van der Waals surface area contributed by atoms with Crippen molar-refractivity contribution in [3.63, 3.8) is 0 Å². The molecule has 0 aromatic heterocycles. The molecule has 0 aliphatic carbocycles. The van der Waals surface area contributed by atoms with Gasteiger partial charge in [-0.1, -0.05) is 0 Å². The van der Waals surface area contributed by atoms with Crippen molar-refractivity contribution >= 4 is 17.6 Å². The van der Waals surface area contributed by atoms with Gasteiger partial charge in [-0.3, -0.25) is 4.79 Å². The van der Waals surface area contributed by atoms with Crippen LogP contribution in [0, 0.1) is 0 Å². The molecule has 2 aromatic carbocycles. The fourth-order valence-electron chi connectivity index (χ4n) is 2.98. The Morgan fingerprint density at radius 1 is 1.07 bits per heavy atom. The van der Waals surface area contributed by atoms with E-state index in [1.807, 2.05) is 6.92 Å². The number of carbonyl (C=O) groups excluding carboxylic acids is 2. The Labute approximate surface area is 176 Å². The molecule has 0 spiro atoms. The minimum absolute atomic E-state index is 0.129. The number of ether oxygens (including phenoxy) is 4. The first-order valence-electron chi connectivity index (χ1n) is 10.1. The Morgan fingerprint density at radius 2 is 1.73 bits per heavy atom. The van der Waals surface area contributed by atoms with E-state index in [4.69, 9.17) is 18.9 Å². The van der Waals surface area contributed by atoms with Gasteiger partial charge in [0.2, 0.25) is 0 Å². The number of carbonyl (C=O) groups is 2. The summed E-state index contributed by atoms with van der Waals surface area (Å²) < 4.78 is 21.8. The van der Waals surface area contributed by atoms with Gasteiger partial charge in [-0.25, -0.2) is 4.79 Å². The highest BCUT2D eigenvalue weighted by Crippen LogP contribution is 2.18. The third-order valence-electron chi connectivity index (χ3n) is 4.64. The highest BCUT2D eigenvalue weighted by molar-refractivity contribution is 5.97. The minimum atomic E-state index is -0.945. The van der Waals surface area contributed by atoms with Crippen molar-refractivity contribution in [2.24, 2.45) is 0 Å². The molecule has 2 aromatic rings. The number of nitrogens with one attached hydrogen (secondary N) is 1. The molecule has 0 unspecified atom stereocenters. The van der Waals surface area contributed by atoms with E-state index >= 15 is 0 Å². The van der Waals surface area contributed by atoms with Gasteiger partial charge in [-0.05, 0) is 75.2 Å². The van der Waals surface area contributed by atoms with Crippen molar-refractivity contribution in [1.82, 2.24) is 0 Å². The van der Waals surface area contributed by atoms with Crippen molar-refractivity contribution in [2.75, 3.05) is 25.1 Å². The summed E-state index contributed by atoms with van der Waals surface area (Å²) in [6.07, 6.45) is 1.24. The SMILES string of the molecule is CCOc1ccc(NC(=O)[C@@H](C)OC(=O)c2ccc(OC[C@H]3CCCO3)cc2)cc1. The first kappa shape index (κ1) is 21.6. The number of benzene rings is 2. The van der Waals surface area contributed by atoms with Crippen molar-refractivity contribution in [3.8, 4) is 11.5 Å². The Morgan fingerprint density at radius 3 is 2.37 bits per heavy atom. The van der Waals surface area contributed by atoms with E-state index < -0.39 is 18.0 Å². The van der Waals surface area contributed by atoms with Gasteiger partial charge in [0.15, 0.2) is 6.10 Å². The van der Waals surface area contributed by atoms with Crippen molar-refractivity contribution in [3.05, 3.63) is 54.1 Å². The number of rotatable bonds is 9. The molecule has 1 aliphatic heterocycles. The van der Waals surface area contributed by atoms with Gasteiger partial charge in [-0.2, -0.15) is 0 Å². The average molecular weight is 413 g/mol. The van der Waals surface area contributed by atoms with Crippen LogP contribution >= 0.6 is 0 Å². The molecule has 1 saturated heterocycles. The zero-order valence-electron chi connectivity index (χ0n) is 17.3. The molecule has 1 aliphatic rings. The molecular formula is C23H27NO6. The van der Waals surface area contributed by atoms with E-state index in [-0.39, 0.29) is 6.10 Å². The molecule has 3 rings (SSSR count). The highest BCUT2D eigenvalue weighted by Gasteiger charge is 2.20. The summed E-state index contributed by atoms with van der Waals surface area (Å²) in [4.78, 5) is 24.6. The molecule has 160 valence electrons. The zero-order valence-corrected chi connectivity index (χ0v) is 17.3. The molecule has 7 heteroatoms. The smallest absolute Gasteiger partial charge is 0.338 e. The monoisotopic (exact) mass is 413 g/mol. The van der Waals surface area contributed by atoms with Crippen LogP contribution in [0.2, 0.25) is 0 Å². The van der Waals surface area contributed by atoms with Crippen LogP contribution in [0.5, 0.6) is 11.5 Å². The largest absolute Gasteiger partial charge is 0.494 e. The van der Waals surface area contributed by atoms with Crippen LogP contribution in [0.3, 0.4) is 0 Å². The predicted molar refractivity (Wildman–Crippen MR) is 112 cm³/mol. The van der Waals surface area contributed by atoms with Crippen LogP contribution in [-0.2, 0) is 14.3 Å². The van der Waals surface area contributed by atoms with Crippen LogP contribution in [-0.4, -0.2) is 43.9 Å². The minimum Gasteiger partial charge on any atom is -0.494 e. The summed E-state index contributed by atoms with van der Waals surface area (Å²) in [5.41, 5.74) is 0.944. The average Bonchev–Trinajstić information content (AvgIpc) is 3.28. The van der Waals surface area contributed by atoms with Crippen LogP contribution in [0.1, 0.15) is 37.0 Å². The van der Waals surface area contributed by atoms with Crippen molar-refractivity contribution < 1.29 is 28.5 Å². The lowest BCUT2D eigenvalue weighted by Crippen LogP contribution is -2.30. The summed E-state index contributed by atoms with van der Waals surface area (Å²) in [6, 6.07) is 13.6. The third-order valence-corrected chi connectivity index (χ3v) is 4.64. The van der Waals surface area contributed by atoms with Gasteiger partial charge in [0, 0.05) is 12.3 Å². The van der Waals surface area contributed by atoms with Crippen LogP contribution in [0.25, 0.3) is 0 Å². The first-order valence-corrected chi connectivity index (χ1v) is 10.1. The molecule has 1 fully saturated rings. The number of esters is 1. The molecule has 0 saturated carbocycles. The van der Waals surface area contributed by atoms with Gasteiger partial charge in [0.05, 0.1) is 18.3 Å².